The number of nitrogens with zero attached hydrogens (tertiary/aromatic N) is 1. The van der Waals surface area contributed by atoms with E-state index < -0.39 is 5.41 Å². The highest BCUT2D eigenvalue weighted by molar-refractivity contribution is 5.83. The van der Waals surface area contributed by atoms with Crippen molar-refractivity contribution in [1.29, 1.82) is 0 Å². The summed E-state index contributed by atoms with van der Waals surface area (Å²) in [7, 11) is 3.75. The topological polar surface area (TPSA) is 29.5 Å². The van der Waals surface area contributed by atoms with E-state index >= 15 is 0 Å². The molecule has 0 N–H and O–H groups in total. The standard InChI is InChI=1S/C18H25NO2/c1-19-12-6-7-14-13-18(17(20)21-2,11-10-16(14)19)15-8-4-3-5-9-15/h3-5,8-9,14,16H,6-7,10-13H2,1-2H3/t14-,16-,18?/m1/s1. The molecule has 3 heteroatoms. The summed E-state index contributed by atoms with van der Waals surface area (Å²) in [6.45, 7) is 1.19. The normalized spacial score (nSPS) is 33.2. The molecule has 21 heavy (non-hydrogen) atoms. The molecule has 1 aromatic carbocycles. The number of esters is 1. The van der Waals surface area contributed by atoms with E-state index in [0.717, 1.165) is 24.8 Å². The summed E-state index contributed by atoms with van der Waals surface area (Å²) in [5, 5.41) is 0. The number of hydrogen-bond donors (Lipinski definition) is 0. The van der Waals surface area contributed by atoms with Crippen LogP contribution >= 0.6 is 0 Å². The predicted octanol–water partition coefficient (Wildman–Crippen LogP) is 2.99. The number of ether oxygens (including phenoxy) is 1. The Labute approximate surface area is 127 Å². The third kappa shape index (κ3) is 2.48. The molecular formula is C18H25NO2. The number of rotatable bonds is 2. The van der Waals surface area contributed by atoms with Crippen LogP contribution in [0.25, 0.3) is 0 Å². The van der Waals surface area contributed by atoms with Crippen molar-refractivity contribution in [2.45, 2.75) is 43.6 Å². The summed E-state index contributed by atoms with van der Waals surface area (Å²) in [6, 6.07) is 10.9. The van der Waals surface area contributed by atoms with Gasteiger partial charge < -0.3 is 9.64 Å². The quantitative estimate of drug-likeness (QED) is 0.783. The maximum Gasteiger partial charge on any atom is 0.316 e. The van der Waals surface area contributed by atoms with Crippen LogP contribution in [-0.2, 0) is 14.9 Å². The number of piperidine rings is 1. The maximum atomic E-state index is 12.6. The lowest BCUT2D eigenvalue weighted by molar-refractivity contribution is -0.151. The zero-order valence-electron chi connectivity index (χ0n) is 13.0. The van der Waals surface area contributed by atoms with Crippen molar-refractivity contribution in [1.82, 2.24) is 4.90 Å². The number of benzene rings is 1. The van der Waals surface area contributed by atoms with Crippen molar-refractivity contribution in [3.8, 4) is 0 Å². The monoisotopic (exact) mass is 287 g/mol. The largest absolute Gasteiger partial charge is 0.468 e. The molecule has 3 rings (SSSR count). The number of methoxy groups -OCH3 is 1. The summed E-state index contributed by atoms with van der Waals surface area (Å²) >= 11 is 0. The molecule has 1 aliphatic carbocycles. The second-order valence-corrected chi connectivity index (χ2v) is 6.63. The van der Waals surface area contributed by atoms with E-state index in [0.29, 0.717) is 12.0 Å². The highest BCUT2D eigenvalue weighted by Gasteiger charge is 2.49. The van der Waals surface area contributed by atoms with Gasteiger partial charge in [-0.1, -0.05) is 30.3 Å². The molecule has 1 heterocycles. The summed E-state index contributed by atoms with van der Waals surface area (Å²) in [6.07, 6.45) is 5.39. The molecule has 0 bridgehead atoms. The Kier molecular flexibility index (Phi) is 4.03. The fourth-order valence-electron chi connectivity index (χ4n) is 4.48. The van der Waals surface area contributed by atoms with Gasteiger partial charge >= 0.3 is 5.97 Å². The third-order valence-corrected chi connectivity index (χ3v) is 5.58. The molecule has 3 atom stereocenters. The summed E-state index contributed by atoms with van der Waals surface area (Å²) in [5.74, 6) is 0.553. The minimum atomic E-state index is -0.435. The van der Waals surface area contributed by atoms with Gasteiger partial charge in [-0.3, -0.25) is 4.79 Å². The molecule has 1 unspecified atom stereocenters. The minimum Gasteiger partial charge on any atom is -0.468 e. The van der Waals surface area contributed by atoms with Gasteiger partial charge in [0, 0.05) is 6.04 Å². The molecule has 114 valence electrons. The van der Waals surface area contributed by atoms with Crippen LogP contribution in [0.15, 0.2) is 30.3 Å². The van der Waals surface area contributed by atoms with E-state index in [4.69, 9.17) is 4.74 Å². The first kappa shape index (κ1) is 14.6. The van der Waals surface area contributed by atoms with Crippen LogP contribution in [-0.4, -0.2) is 37.6 Å². The third-order valence-electron chi connectivity index (χ3n) is 5.58. The Hall–Kier alpha value is -1.35. The molecule has 0 aromatic heterocycles. The molecule has 0 radical (unpaired) electrons. The molecule has 3 nitrogen and oxygen atoms in total. The summed E-state index contributed by atoms with van der Waals surface area (Å²) in [4.78, 5) is 15.1. The number of carbonyl (C=O) groups excluding carboxylic acids is 1. The highest BCUT2D eigenvalue weighted by Crippen LogP contribution is 2.46. The smallest absolute Gasteiger partial charge is 0.316 e. The summed E-state index contributed by atoms with van der Waals surface area (Å²) < 4.78 is 5.20. The molecule has 0 amide bonds. The van der Waals surface area contributed by atoms with Crippen LogP contribution in [0.5, 0.6) is 0 Å². The number of hydrogen-bond acceptors (Lipinski definition) is 3. The van der Waals surface area contributed by atoms with Crippen molar-refractivity contribution in [2.75, 3.05) is 20.7 Å². The molecule has 1 aromatic rings. The first-order chi connectivity index (χ1) is 10.2. The van der Waals surface area contributed by atoms with Crippen molar-refractivity contribution >= 4 is 5.97 Å². The Balaban J connectivity index is 1.93. The molecule has 1 saturated heterocycles. The highest BCUT2D eigenvalue weighted by atomic mass is 16.5. The van der Waals surface area contributed by atoms with Gasteiger partial charge in [-0.2, -0.15) is 0 Å². The zero-order chi connectivity index (χ0) is 14.9. The Morgan fingerprint density at radius 2 is 2.05 bits per heavy atom. The lowest BCUT2D eigenvalue weighted by Gasteiger charge is -2.48. The van der Waals surface area contributed by atoms with E-state index in [9.17, 15) is 4.79 Å². The van der Waals surface area contributed by atoms with E-state index in [-0.39, 0.29) is 5.97 Å². The van der Waals surface area contributed by atoms with Crippen LogP contribution in [0.1, 0.15) is 37.7 Å². The summed E-state index contributed by atoms with van der Waals surface area (Å²) in [5.41, 5.74) is 0.693. The maximum absolute atomic E-state index is 12.6. The van der Waals surface area contributed by atoms with Gasteiger partial charge in [0.15, 0.2) is 0 Å². The lowest BCUT2D eigenvalue weighted by Crippen LogP contribution is -2.52. The first-order valence-electron chi connectivity index (χ1n) is 8.01. The van der Waals surface area contributed by atoms with Crippen LogP contribution in [0.4, 0.5) is 0 Å². The molecular weight excluding hydrogens is 262 g/mol. The molecule has 2 aliphatic rings. The van der Waals surface area contributed by atoms with Gasteiger partial charge in [0.25, 0.3) is 0 Å². The number of carbonyl (C=O) groups is 1. The van der Waals surface area contributed by atoms with Crippen molar-refractivity contribution in [3.05, 3.63) is 35.9 Å². The fraction of sp³-hybridized carbons (Fsp3) is 0.611. The van der Waals surface area contributed by atoms with Crippen LogP contribution in [0.3, 0.4) is 0 Å². The van der Waals surface area contributed by atoms with E-state index in [2.05, 4.69) is 24.1 Å². The van der Waals surface area contributed by atoms with Gasteiger partial charge in [-0.05, 0) is 57.2 Å². The zero-order valence-corrected chi connectivity index (χ0v) is 13.0. The van der Waals surface area contributed by atoms with E-state index in [1.165, 1.54) is 26.5 Å². The number of likely N-dealkylation sites (tertiary alicyclic amines) is 1. The fourth-order valence-corrected chi connectivity index (χ4v) is 4.48. The number of fused-ring (bicyclic) bond motifs is 1. The van der Waals surface area contributed by atoms with E-state index in [1.807, 2.05) is 18.2 Å². The van der Waals surface area contributed by atoms with Crippen molar-refractivity contribution in [3.63, 3.8) is 0 Å². The van der Waals surface area contributed by atoms with Gasteiger partial charge in [0.2, 0.25) is 0 Å². The second kappa shape index (κ2) is 5.80. The van der Waals surface area contributed by atoms with Crippen molar-refractivity contribution < 1.29 is 9.53 Å². The predicted molar refractivity (Wildman–Crippen MR) is 83.1 cm³/mol. The molecule has 0 spiro atoms. The van der Waals surface area contributed by atoms with Crippen LogP contribution < -0.4 is 0 Å². The van der Waals surface area contributed by atoms with Crippen LogP contribution in [0, 0.1) is 5.92 Å². The molecule has 1 saturated carbocycles. The Morgan fingerprint density at radius 1 is 1.29 bits per heavy atom. The Bertz CT molecular complexity index is 501. The van der Waals surface area contributed by atoms with Gasteiger partial charge in [0.05, 0.1) is 12.5 Å². The van der Waals surface area contributed by atoms with Gasteiger partial charge in [-0.15, -0.1) is 0 Å². The Morgan fingerprint density at radius 3 is 2.76 bits per heavy atom. The average molecular weight is 287 g/mol. The molecule has 2 fully saturated rings. The lowest BCUT2D eigenvalue weighted by atomic mass is 9.62. The SMILES string of the molecule is COC(=O)C1(c2ccccc2)CC[C@@H]2[C@H](CCCN2C)C1. The van der Waals surface area contributed by atoms with Crippen molar-refractivity contribution in [2.24, 2.45) is 5.92 Å². The average Bonchev–Trinajstić information content (AvgIpc) is 2.54. The molecule has 1 aliphatic heterocycles. The second-order valence-electron chi connectivity index (χ2n) is 6.63. The van der Waals surface area contributed by atoms with E-state index in [1.54, 1.807) is 0 Å². The van der Waals surface area contributed by atoms with Crippen LogP contribution in [0.2, 0.25) is 0 Å². The minimum absolute atomic E-state index is 0.0552. The van der Waals surface area contributed by atoms with Gasteiger partial charge in [-0.25, -0.2) is 0 Å². The van der Waals surface area contributed by atoms with Gasteiger partial charge in [0.1, 0.15) is 0 Å². The first-order valence-corrected chi connectivity index (χ1v) is 8.01.